The molecule has 2 rings (SSSR count). The van der Waals surface area contributed by atoms with Crippen molar-refractivity contribution in [1.82, 2.24) is 0 Å². The third-order valence-electron chi connectivity index (χ3n) is 6.25. The maximum atomic E-state index is 11.9. The van der Waals surface area contributed by atoms with Gasteiger partial charge in [0, 0.05) is 5.41 Å². The van der Waals surface area contributed by atoms with Crippen LogP contribution in [0.2, 0.25) is 18.1 Å². The zero-order valence-electron chi connectivity index (χ0n) is 13.3. The minimum absolute atomic E-state index is 0.130. The zero-order chi connectivity index (χ0) is 15.9. The van der Waals surface area contributed by atoms with Crippen molar-refractivity contribution in [3.8, 4) is 0 Å². The number of esters is 1. The Morgan fingerprint density at radius 3 is 2.00 bits per heavy atom. The van der Waals surface area contributed by atoms with Crippen molar-refractivity contribution in [3.05, 3.63) is 0 Å². The molecule has 4 atom stereocenters. The molecule has 20 heavy (non-hydrogen) atoms. The fourth-order valence-corrected chi connectivity index (χ4v) is 5.19. The molecule has 2 fully saturated rings. The van der Waals surface area contributed by atoms with E-state index in [2.05, 4.69) is 0 Å². The van der Waals surface area contributed by atoms with Crippen molar-refractivity contribution >= 4 is 14.0 Å². The Morgan fingerprint density at radius 2 is 1.70 bits per heavy atom. The van der Waals surface area contributed by atoms with Gasteiger partial charge in [-0.3, -0.25) is 0 Å². The number of aliphatic hydroxyl groups excluding tert-OH is 1. The first-order valence-corrected chi connectivity index (χ1v) is 10.1. The minimum atomic E-state index is -2.25. The van der Waals surface area contributed by atoms with Crippen LogP contribution in [0, 0.1) is 5.41 Å². The number of ether oxygens (including phenoxy) is 1. The highest BCUT2D eigenvalue weighted by Gasteiger charge is 2.95. The van der Waals surface area contributed by atoms with E-state index in [0.717, 1.165) is 0 Å². The lowest BCUT2D eigenvalue weighted by molar-refractivity contribution is -0.161. The summed E-state index contributed by atoms with van der Waals surface area (Å²) in [7, 11) is -2.25. The average molecular weight is 302 g/mol. The molecule has 0 bridgehead atoms. The van der Waals surface area contributed by atoms with Crippen molar-refractivity contribution < 1.29 is 24.9 Å². The Hall–Kier alpha value is -0.433. The topological polar surface area (TPSA) is 87.0 Å². The number of rotatable bonds is 2. The maximum Gasteiger partial charge on any atom is 0.342 e. The molecular weight excluding hydrogens is 276 g/mol. The number of cyclic esters (lactones) is 1. The van der Waals surface area contributed by atoms with Crippen molar-refractivity contribution in [2.45, 2.75) is 75.8 Å². The number of fused-ring (bicyclic) bond motifs is 1. The first-order chi connectivity index (χ1) is 8.67. The van der Waals surface area contributed by atoms with E-state index in [1.807, 2.05) is 33.9 Å². The summed E-state index contributed by atoms with van der Waals surface area (Å²) in [4.78, 5) is 11.9. The summed E-state index contributed by atoms with van der Waals surface area (Å²) in [6.45, 7) is 13.4. The largest absolute Gasteiger partial charge is 0.454 e. The molecule has 1 unspecified atom stereocenters. The van der Waals surface area contributed by atoms with Gasteiger partial charge >= 0.3 is 5.97 Å². The number of aliphatic hydroxyl groups is 3. The molecule has 0 aromatic carbocycles. The molecule has 1 heterocycles. The Kier molecular flexibility index (Phi) is 2.92. The lowest BCUT2D eigenvalue weighted by Gasteiger charge is -2.43. The van der Waals surface area contributed by atoms with E-state index in [-0.39, 0.29) is 5.04 Å². The summed E-state index contributed by atoms with van der Waals surface area (Å²) in [6, 6.07) is 0. The van der Waals surface area contributed by atoms with Crippen molar-refractivity contribution in [3.63, 3.8) is 0 Å². The van der Waals surface area contributed by atoms with E-state index in [9.17, 15) is 20.1 Å². The number of hydrogen-bond donors (Lipinski definition) is 3. The summed E-state index contributed by atoms with van der Waals surface area (Å²) in [5, 5.41) is 31.8. The zero-order valence-corrected chi connectivity index (χ0v) is 14.3. The maximum absolute atomic E-state index is 11.9. The predicted octanol–water partition coefficient (Wildman–Crippen LogP) is 0.822. The number of carbonyl (C=O) groups is 1. The fraction of sp³-hybridized carbons (Fsp3) is 0.929. The first kappa shape index (κ1) is 15.9. The molecule has 116 valence electrons. The standard InChI is InChI=1S/C14H26O5Si/c1-11(2,3)20(6,7)9(15)8-13(17)12(4,5)14(13,18)10(16)19-8/h8-9,15,17-18H,1-7H3/t8-,9?,13+,14-/m1/s1. The van der Waals surface area contributed by atoms with E-state index in [1.54, 1.807) is 13.8 Å². The molecule has 1 saturated heterocycles. The molecule has 0 aromatic rings. The second-order valence-corrected chi connectivity index (χ2v) is 13.9. The van der Waals surface area contributed by atoms with E-state index >= 15 is 0 Å². The van der Waals surface area contributed by atoms with Gasteiger partial charge in [-0.15, -0.1) is 0 Å². The van der Waals surface area contributed by atoms with Gasteiger partial charge in [-0.05, 0) is 5.04 Å². The molecule has 0 amide bonds. The van der Waals surface area contributed by atoms with E-state index < -0.39 is 42.5 Å². The normalized spacial score (nSPS) is 41.1. The van der Waals surface area contributed by atoms with Crippen LogP contribution >= 0.6 is 0 Å². The average Bonchev–Trinajstić information content (AvgIpc) is 2.52. The summed E-state index contributed by atoms with van der Waals surface area (Å²) >= 11 is 0. The van der Waals surface area contributed by atoms with Gasteiger partial charge < -0.3 is 20.1 Å². The molecule has 1 aliphatic carbocycles. The molecule has 1 saturated carbocycles. The number of carbonyl (C=O) groups excluding carboxylic acids is 1. The molecule has 3 N–H and O–H groups in total. The van der Waals surface area contributed by atoms with Gasteiger partial charge in [-0.25, -0.2) is 4.79 Å². The lowest BCUT2D eigenvalue weighted by Crippen LogP contribution is -2.59. The van der Waals surface area contributed by atoms with Crippen molar-refractivity contribution in [2.75, 3.05) is 0 Å². The molecule has 0 spiro atoms. The summed E-state index contributed by atoms with van der Waals surface area (Å²) in [5.74, 6) is -0.826. The quantitative estimate of drug-likeness (QED) is 0.519. The summed E-state index contributed by atoms with van der Waals surface area (Å²) < 4.78 is 5.15. The van der Waals surface area contributed by atoms with Crippen molar-refractivity contribution in [1.29, 1.82) is 0 Å². The third-order valence-corrected chi connectivity index (χ3v) is 11.9. The molecule has 5 nitrogen and oxygen atoms in total. The van der Waals surface area contributed by atoms with Crippen LogP contribution in [0.4, 0.5) is 0 Å². The minimum Gasteiger partial charge on any atom is -0.454 e. The van der Waals surface area contributed by atoms with Gasteiger partial charge in [-0.1, -0.05) is 47.7 Å². The van der Waals surface area contributed by atoms with Gasteiger partial charge in [0.05, 0.1) is 13.8 Å². The second-order valence-electron chi connectivity index (χ2n) is 8.34. The van der Waals surface area contributed by atoms with Crippen LogP contribution in [-0.4, -0.2) is 52.4 Å². The first-order valence-electron chi connectivity index (χ1n) is 7.01. The van der Waals surface area contributed by atoms with Crippen molar-refractivity contribution in [2.24, 2.45) is 5.41 Å². The monoisotopic (exact) mass is 302 g/mol. The third kappa shape index (κ3) is 1.36. The molecule has 0 radical (unpaired) electrons. The van der Waals surface area contributed by atoms with Gasteiger partial charge in [0.2, 0.25) is 5.60 Å². The highest BCUT2D eigenvalue weighted by molar-refractivity contribution is 6.81. The van der Waals surface area contributed by atoms with Gasteiger partial charge in [-0.2, -0.15) is 0 Å². The van der Waals surface area contributed by atoms with Crippen LogP contribution in [0.5, 0.6) is 0 Å². The summed E-state index contributed by atoms with van der Waals surface area (Å²) in [6.07, 6.45) is -1.06. The Bertz CT molecular complexity index is 467. The van der Waals surface area contributed by atoms with Gasteiger partial charge in [0.15, 0.2) is 11.7 Å². The Balaban J connectivity index is 2.40. The van der Waals surface area contributed by atoms with E-state index in [1.165, 1.54) is 0 Å². The molecule has 6 heteroatoms. The van der Waals surface area contributed by atoms with Crippen LogP contribution < -0.4 is 0 Å². The highest BCUT2D eigenvalue weighted by Crippen LogP contribution is 2.71. The second kappa shape index (κ2) is 3.66. The Labute approximate surface area is 121 Å². The molecule has 2 aliphatic rings. The van der Waals surface area contributed by atoms with E-state index in [0.29, 0.717) is 0 Å². The fourth-order valence-electron chi connectivity index (χ4n) is 3.24. The SMILES string of the molecule is CC1(C)[C@]2(O)C(=O)O[C@H](C(O)[Si](C)(C)C(C)(C)C)[C@]12O. The summed E-state index contributed by atoms with van der Waals surface area (Å²) in [5.41, 5.74) is -5.53. The molecule has 0 aromatic heterocycles. The highest BCUT2D eigenvalue weighted by atomic mass is 28.3. The van der Waals surface area contributed by atoms with Crippen LogP contribution in [0.25, 0.3) is 0 Å². The smallest absolute Gasteiger partial charge is 0.342 e. The van der Waals surface area contributed by atoms with Gasteiger partial charge in [0.25, 0.3) is 0 Å². The van der Waals surface area contributed by atoms with E-state index in [4.69, 9.17) is 4.74 Å². The van der Waals surface area contributed by atoms with Crippen LogP contribution in [0.15, 0.2) is 0 Å². The Morgan fingerprint density at radius 1 is 1.25 bits per heavy atom. The van der Waals surface area contributed by atoms with Gasteiger partial charge in [0.1, 0.15) is 0 Å². The molecular formula is C14H26O5Si. The molecule has 1 aliphatic heterocycles. The van der Waals surface area contributed by atoms with Crippen LogP contribution in [0.1, 0.15) is 34.6 Å². The predicted molar refractivity (Wildman–Crippen MR) is 76.8 cm³/mol. The van der Waals surface area contributed by atoms with Crippen LogP contribution in [0.3, 0.4) is 0 Å². The van der Waals surface area contributed by atoms with Crippen LogP contribution in [-0.2, 0) is 9.53 Å². The lowest BCUT2D eigenvalue weighted by atomic mass is 10.0. The number of hydrogen-bond acceptors (Lipinski definition) is 5.